The summed E-state index contributed by atoms with van der Waals surface area (Å²) < 4.78 is 50.5. The third kappa shape index (κ3) is 6.32. The van der Waals surface area contributed by atoms with Gasteiger partial charge in [0.05, 0.1) is 6.04 Å². The quantitative estimate of drug-likeness (QED) is 0.813. The first-order valence-corrected chi connectivity index (χ1v) is 6.96. The molecule has 1 rings (SSSR count). The van der Waals surface area contributed by atoms with Crippen molar-refractivity contribution in [2.45, 2.75) is 33.0 Å². The van der Waals surface area contributed by atoms with Crippen molar-refractivity contribution in [2.24, 2.45) is 5.92 Å². The maximum Gasteiger partial charge on any atom is 0.406 e. The molecule has 2 amide bonds. The topological polar surface area (TPSA) is 32.3 Å². The first-order chi connectivity index (χ1) is 10.1. The van der Waals surface area contributed by atoms with Gasteiger partial charge in [0.25, 0.3) is 0 Å². The number of alkyl halides is 3. The molecule has 0 bridgehead atoms. The Labute approximate surface area is 127 Å². The molecule has 0 heterocycles. The average Bonchev–Trinajstić information content (AvgIpc) is 2.36. The summed E-state index contributed by atoms with van der Waals surface area (Å²) in [6.07, 6.45) is -4.45. The van der Waals surface area contributed by atoms with E-state index in [1.165, 1.54) is 24.3 Å². The van der Waals surface area contributed by atoms with Crippen molar-refractivity contribution in [1.82, 2.24) is 10.2 Å². The first kappa shape index (κ1) is 18.3. The maximum atomic E-state index is 12.8. The second-order valence-corrected chi connectivity index (χ2v) is 5.61. The second kappa shape index (κ2) is 7.47. The van der Waals surface area contributed by atoms with E-state index in [0.29, 0.717) is 5.56 Å². The van der Waals surface area contributed by atoms with E-state index in [1.54, 1.807) is 20.8 Å². The Morgan fingerprint density at radius 2 is 1.73 bits per heavy atom. The highest BCUT2D eigenvalue weighted by Gasteiger charge is 2.33. The second-order valence-electron chi connectivity index (χ2n) is 5.61. The molecule has 0 aliphatic heterocycles. The summed E-state index contributed by atoms with van der Waals surface area (Å²) in [6, 6.07) is 4.13. The number of amides is 2. The summed E-state index contributed by atoms with van der Waals surface area (Å²) in [6.45, 7) is 3.81. The van der Waals surface area contributed by atoms with Crippen molar-refractivity contribution in [2.75, 3.05) is 13.1 Å². The SMILES string of the molecule is CC(C)CN(CC(F)(F)F)C(=O)N[C@H](C)c1ccc(F)cc1. The highest BCUT2D eigenvalue weighted by molar-refractivity contribution is 5.74. The third-order valence-corrected chi connectivity index (χ3v) is 2.95. The monoisotopic (exact) mass is 320 g/mol. The molecule has 0 saturated carbocycles. The van der Waals surface area contributed by atoms with E-state index < -0.39 is 30.6 Å². The molecule has 0 aliphatic rings. The number of halogens is 4. The minimum Gasteiger partial charge on any atom is -0.331 e. The summed E-state index contributed by atoms with van der Waals surface area (Å²) in [5.41, 5.74) is 0.617. The van der Waals surface area contributed by atoms with Gasteiger partial charge in [-0.3, -0.25) is 0 Å². The van der Waals surface area contributed by atoms with Crippen molar-refractivity contribution in [3.63, 3.8) is 0 Å². The molecule has 0 spiro atoms. The van der Waals surface area contributed by atoms with Gasteiger partial charge in [0, 0.05) is 6.54 Å². The minimum absolute atomic E-state index is 0.00147. The molecule has 3 nitrogen and oxygen atoms in total. The lowest BCUT2D eigenvalue weighted by Gasteiger charge is -2.27. The van der Waals surface area contributed by atoms with E-state index >= 15 is 0 Å². The van der Waals surface area contributed by atoms with E-state index in [4.69, 9.17) is 0 Å². The highest BCUT2D eigenvalue weighted by Crippen LogP contribution is 2.19. The van der Waals surface area contributed by atoms with Gasteiger partial charge in [-0.2, -0.15) is 13.2 Å². The zero-order chi connectivity index (χ0) is 16.9. The van der Waals surface area contributed by atoms with Crippen LogP contribution >= 0.6 is 0 Å². The van der Waals surface area contributed by atoms with Crippen molar-refractivity contribution >= 4 is 6.03 Å². The van der Waals surface area contributed by atoms with Crippen molar-refractivity contribution in [3.8, 4) is 0 Å². The largest absolute Gasteiger partial charge is 0.406 e. The lowest BCUT2D eigenvalue weighted by Crippen LogP contribution is -2.47. The molecule has 0 aromatic heterocycles. The van der Waals surface area contributed by atoms with E-state index in [-0.39, 0.29) is 12.5 Å². The van der Waals surface area contributed by atoms with Gasteiger partial charge in [-0.25, -0.2) is 9.18 Å². The summed E-state index contributed by atoms with van der Waals surface area (Å²) in [7, 11) is 0. The number of hydrogen-bond donors (Lipinski definition) is 1. The normalized spacial score (nSPS) is 13.1. The highest BCUT2D eigenvalue weighted by atomic mass is 19.4. The summed E-state index contributed by atoms with van der Waals surface area (Å²) in [5.74, 6) is -0.505. The molecule has 1 atom stereocenters. The van der Waals surface area contributed by atoms with E-state index in [9.17, 15) is 22.4 Å². The molecular formula is C15H20F4N2O. The number of hydrogen-bond acceptors (Lipinski definition) is 1. The van der Waals surface area contributed by atoms with Gasteiger partial charge in [-0.1, -0.05) is 26.0 Å². The van der Waals surface area contributed by atoms with Gasteiger partial charge in [0.15, 0.2) is 0 Å². The first-order valence-electron chi connectivity index (χ1n) is 6.96. The van der Waals surface area contributed by atoms with Crippen LogP contribution in [0.1, 0.15) is 32.4 Å². The van der Waals surface area contributed by atoms with Gasteiger partial charge >= 0.3 is 12.2 Å². The molecule has 124 valence electrons. The molecule has 7 heteroatoms. The van der Waals surface area contributed by atoms with Gasteiger partial charge in [0.1, 0.15) is 12.4 Å². The Kier molecular flexibility index (Phi) is 6.20. The average molecular weight is 320 g/mol. The molecule has 1 aromatic rings. The number of carbonyl (C=O) groups is 1. The molecule has 0 radical (unpaired) electrons. The van der Waals surface area contributed by atoms with Gasteiger partial charge < -0.3 is 10.2 Å². The minimum atomic E-state index is -4.45. The van der Waals surface area contributed by atoms with Crippen molar-refractivity contribution in [3.05, 3.63) is 35.6 Å². The molecule has 0 aliphatic carbocycles. The lowest BCUT2D eigenvalue weighted by atomic mass is 10.1. The maximum absolute atomic E-state index is 12.8. The molecule has 1 aromatic carbocycles. The number of carbonyl (C=O) groups excluding carboxylic acids is 1. The lowest BCUT2D eigenvalue weighted by molar-refractivity contribution is -0.140. The summed E-state index contributed by atoms with van der Waals surface area (Å²) in [5, 5.41) is 2.51. The zero-order valence-corrected chi connectivity index (χ0v) is 12.7. The van der Waals surface area contributed by atoms with Gasteiger partial charge in [-0.15, -0.1) is 0 Å². The Morgan fingerprint density at radius 3 is 2.18 bits per heavy atom. The zero-order valence-electron chi connectivity index (χ0n) is 12.7. The van der Waals surface area contributed by atoms with Crippen LogP contribution in [-0.2, 0) is 0 Å². The van der Waals surface area contributed by atoms with Crippen molar-refractivity contribution in [1.29, 1.82) is 0 Å². The molecule has 1 N–H and O–H groups in total. The number of nitrogens with one attached hydrogen (secondary N) is 1. The van der Waals surface area contributed by atoms with Crippen LogP contribution in [0.4, 0.5) is 22.4 Å². The third-order valence-electron chi connectivity index (χ3n) is 2.95. The fourth-order valence-corrected chi connectivity index (χ4v) is 1.99. The molecule has 0 fully saturated rings. The van der Waals surface area contributed by atoms with E-state index in [2.05, 4.69) is 5.32 Å². The van der Waals surface area contributed by atoms with E-state index in [0.717, 1.165) is 4.90 Å². The Morgan fingerprint density at radius 1 is 1.18 bits per heavy atom. The Bertz CT molecular complexity index is 485. The van der Waals surface area contributed by atoms with Crippen molar-refractivity contribution < 1.29 is 22.4 Å². The van der Waals surface area contributed by atoms with Crippen LogP contribution in [0.5, 0.6) is 0 Å². The summed E-state index contributed by atoms with van der Waals surface area (Å²) >= 11 is 0. The Hall–Kier alpha value is -1.79. The molecule has 22 heavy (non-hydrogen) atoms. The number of nitrogens with zero attached hydrogens (tertiary/aromatic N) is 1. The van der Waals surface area contributed by atoms with Crippen LogP contribution in [0.2, 0.25) is 0 Å². The van der Waals surface area contributed by atoms with Crippen LogP contribution < -0.4 is 5.32 Å². The predicted molar refractivity (Wildman–Crippen MR) is 75.8 cm³/mol. The predicted octanol–water partition coefficient (Wildman–Crippen LogP) is 4.12. The fraction of sp³-hybridized carbons (Fsp3) is 0.533. The van der Waals surface area contributed by atoms with Gasteiger partial charge in [0.2, 0.25) is 0 Å². The van der Waals surface area contributed by atoms with Crippen LogP contribution in [0.25, 0.3) is 0 Å². The van der Waals surface area contributed by atoms with Gasteiger partial charge in [-0.05, 0) is 30.5 Å². The molecule has 0 saturated heterocycles. The van der Waals surface area contributed by atoms with Crippen LogP contribution in [0, 0.1) is 11.7 Å². The van der Waals surface area contributed by atoms with Crippen LogP contribution in [0.15, 0.2) is 24.3 Å². The van der Waals surface area contributed by atoms with Crippen LogP contribution in [-0.4, -0.2) is 30.2 Å². The number of urea groups is 1. The number of benzene rings is 1. The smallest absolute Gasteiger partial charge is 0.331 e. The van der Waals surface area contributed by atoms with E-state index in [1.807, 2.05) is 0 Å². The standard InChI is InChI=1S/C15H20F4N2O/c1-10(2)8-21(9-15(17,18)19)14(22)20-11(3)12-4-6-13(16)7-5-12/h4-7,10-11H,8-9H2,1-3H3,(H,20,22)/t11-/m1/s1. The Balaban J connectivity index is 2.74. The van der Waals surface area contributed by atoms with Crippen LogP contribution in [0.3, 0.4) is 0 Å². The fourth-order valence-electron chi connectivity index (χ4n) is 1.99. The molecular weight excluding hydrogens is 300 g/mol. The molecule has 0 unspecified atom stereocenters. The number of rotatable bonds is 5. The summed E-state index contributed by atoms with van der Waals surface area (Å²) in [4.78, 5) is 12.8.